The summed E-state index contributed by atoms with van der Waals surface area (Å²) in [5.41, 5.74) is 1.14. The van der Waals surface area contributed by atoms with Crippen LogP contribution < -0.4 is 4.72 Å². The molecule has 1 N–H and O–H groups in total. The SMILES string of the molecule is N#CCN(Cc1ccccc1)C(=O)c1cccc(S(=O)(=O)NC2CC2)c1. The predicted molar refractivity (Wildman–Crippen MR) is 96.6 cm³/mol. The predicted octanol–water partition coefficient (Wildman–Crippen LogP) is 2.29. The van der Waals surface area contributed by atoms with Crippen LogP contribution in [0, 0.1) is 11.3 Å². The van der Waals surface area contributed by atoms with E-state index in [0.29, 0.717) is 0 Å². The summed E-state index contributed by atoms with van der Waals surface area (Å²) in [4.78, 5) is 14.3. The Bertz CT molecular complexity index is 932. The van der Waals surface area contributed by atoms with Gasteiger partial charge in [-0.25, -0.2) is 13.1 Å². The maximum Gasteiger partial charge on any atom is 0.255 e. The van der Waals surface area contributed by atoms with Gasteiger partial charge in [-0.3, -0.25) is 4.79 Å². The second kappa shape index (κ2) is 7.68. The molecule has 1 fully saturated rings. The fourth-order valence-electron chi connectivity index (χ4n) is 2.56. The molecule has 1 amide bonds. The van der Waals surface area contributed by atoms with E-state index >= 15 is 0 Å². The first-order valence-corrected chi connectivity index (χ1v) is 9.80. The minimum absolute atomic E-state index is 0.00692. The van der Waals surface area contributed by atoms with Crippen molar-refractivity contribution in [3.63, 3.8) is 0 Å². The van der Waals surface area contributed by atoms with E-state index in [0.717, 1.165) is 18.4 Å². The first-order chi connectivity index (χ1) is 12.5. The Kier molecular flexibility index (Phi) is 5.35. The number of nitrogens with zero attached hydrogens (tertiary/aromatic N) is 2. The van der Waals surface area contributed by atoms with Gasteiger partial charge in [-0.15, -0.1) is 0 Å². The number of hydrogen-bond donors (Lipinski definition) is 1. The molecule has 134 valence electrons. The Morgan fingerprint density at radius 1 is 1.15 bits per heavy atom. The highest BCUT2D eigenvalue weighted by Gasteiger charge is 2.28. The minimum atomic E-state index is -3.64. The smallest absolute Gasteiger partial charge is 0.255 e. The van der Waals surface area contributed by atoms with E-state index in [1.54, 1.807) is 12.1 Å². The molecule has 0 heterocycles. The van der Waals surface area contributed by atoms with Gasteiger partial charge in [0.05, 0.1) is 11.0 Å². The zero-order valence-corrected chi connectivity index (χ0v) is 14.9. The van der Waals surface area contributed by atoms with Crippen LogP contribution in [0.2, 0.25) is 0 Å². The van der Waals surface area contributed by atoms with Gasteiger partial charge in [0.15, 0.2) is 0 Å². The highest BCUT2D eigenvalue weighted by atomic mass is 32.2. The molecule has 0 saturated heterocycles. The zero-order valence-electron chi connectivity index (χ0n) is 14.1. The third-order valence-electron chi connectivity index (χ3n) is 4.06. The van der Waals surface area contributed by atoms with Crippen molar-refractivity contribution in [1.29, 1.82) is 5.26 Å². The zero-order chi connectivity index (χ0) is 18.6. The van der Waals surface area contributed by atoms with Crippen molar-refractivity contribution in [2.45, 2.75) is 30.3 Å². The number of nitrogens with one attached hydrogen (secondary N) is 1. The molecule has 0 aromatic heterocycles. The van der Waals surface area contributed by atoms with E-state index in [-0.39, 0.29) is 35.5 Å². The Balaban J connectivity index is 1.82. The number of sulfonamides is 1. The summed E-state index contributed by atoms with van der Waals surface area (Å²) in [6.45, 7) is 0.204. The van der Waals surface area contributed by atoms with Crippen molar-refractivity contribution in [2.24, 2.45) is 0 Å². The van der Waals surface area contributed by atoms with Crippen LogP contribution >= 0.6 is 0 Å². The van der Waals surface area contributed by atoms with Crippen LogP contribution in [-0.2, 0) is 16.6 Å². The lowest BCUT2D eigenvalue weighted by atomic mass is 10.1. The highest BCUT2D eigenvalue weighted by Crippen LogP contribution is 2.23. The third-order valence-corrected chi connectivity index (χ3v) is 5.57. The quantitative estimate of drug-likeness (QED) is 0.758. The maximum absolute atomic E-state index is 12.8. The standard InChI is InChI=1S/C19H19N3O3S/c20-11-12-22(14-15-5-2-1-3-6-15)19(23)16-7-4-8-18(13-16)26(24,25)21-17-9-10-17/h1-8,13,17,21H,9-10,12,14H2. The van der Waals surface area contributed by atoms with Crippen LogP contribution in [-0.4, -0.2) is 31.8 Å². The van der Waals surface area contributed by atoms with Gasteiger partial charge in [0, 0.05) is 18.2 Å². The summed E-state index contributed by atoms with van der Waals surface area (Å²) >= 11 is 0. The fraction of sp³-hybridized carbons (Fsp3) is 0.263. The van der Waals surface area contributed by atoms with E-state index in [1.807, 2.05) is 36.4 Å². The molecule has 0 bridgehead atoms. The number of nitriles is 1. The van der Waals surface area contributed by atoms with Crippen LogP contribution in [0.15, 0.2) is 59.5 Å². The first kappa shape index (κ1) is 18.1. The normalized spacial score (nSPS) is 13.8. The van der Waals surface area contributed by atoms with Crippen LogP contribution in [0.1, 0.15) is 28.8 Å². The van der Waals surface area contributed by atoms with Crippen molar-refractivity contribution in [3.05, 3.63) is 65.7 Å². The molecule has 7 heteroatoms. The molecule has 1 aliphatic carbocycles. The summed E-state index contributed by atoms with van der Waals surface area (Å²) in [5.74, 6) is -0.376. The van der Waals surface area contributed by atoms with Crippen molar-refractivity contribution in [2.75, 3.05) is 6.54 Å². The van der Waals surface area contributed by atoms with Gasteiger partial charge in [-0.2, -0.15) is 5.26 Å². The van der Waals surface area contributed by atoms with Gasteiger partial charge in [-0.1, -0.05) is 36.4 Å². The van der Waals surface area contributed by atoms with Gasteiger partial charge in [0.25, 0.3) is 5.91 Å². The van der Waals surface area contributed by atoms with E-state index in [1.165, 1.54) is 17.0 Å². The molecule has 0 unspecified atom stereocenters. The average molecular weight is 369 g/mol. The summed E-state index contributed by atoms with van der Waals surface area (Å²) in [6, 6.07) is 17.3. The van der Waals surface area contributed by atoms with Crippen molar-refractivity contribution in [3.8, 4) is 6.07 Å². The number of carbonyl (C=O) groups is 1. The largest absolute Gasteiger partial charge is 0.321 e. The Morgan fingerprint density at radius 2 is 1.88 bits per heavy atom. The van der Waals surface area contributed by atoms with E-state index in [9.17, 15) is 13.2 Å². The molecule has 1 aliphatic rings. The molecule has 26 heavy (non-hydrogen) atoms. The van der Waals surface area contributed by atoms with Crippen LogP contribution in [0.25, 0.3) is 0 Å². The summed E-state index contributed by atoms with van der Waals surface area (Å²) in [7, 11) is -3.64. The lowest BCUT2D eigenvalue weighted by Crippen LogP contribution is -2.31. The van der Waals surface area contributed by atoms with Gasteiger partial charge >= 0.3 is 0 Å². The van der Waals surface area contributed by atoms with Crippen molar-refractivity contribution >= 4 is 15.9 Å². The summed E-state index contributed by atoms with van der Waals surface area (Å²) in [6.07, 6.45) is 1.68. The Labute approximate surface area is 153 Å². The number of rotatable bonds is 7. The molecule has 0 atom stereocenters. The number of amides is 1. The van der Waals surface area contributed by atoms with E-state index in [4.69, 9.17) is 5.26 Å². The average Bonchev–Trinajstić information content (AvgIpc) is 3.45. The molecule has 2 aromatic carbocycles. The molecule has 0 radical (unpaired) electrons. The summed E-state index contributed by atoms with van der Waals surface area (Å²) in [5, 5.41) is 9.05. The minimum Gasteiger partial charge on any atom is -0.321 e. The molecular formula is C19H19N3O3S. The van der Waals surface area contributed by atoms with E-state index in [2.05, 4.69) is 4.72 Å². The van der Waals surface area contributed by atoms with Gasteiger partial charge in [0.1, 0.15) is 6.54 Å². The molecular weight excluding hydrogens is 350 g/mol. The van der Waals surface area contributed by atoms with Crippen molar-refractivity contribution < 1.29 is 13.2 Å². The molecule has 2 aromatic rings. The molecule has 0 aliphatic heterocycles. The summed E-state index contributed by atoms with van der Waals surface area (Å²) < 4.78 is 27.3. The maximum atomic E-state index is 12.8. The monoisotopic (exact) mass is 369 g/mol. The first-order valence-electron chi connectivity index (χ1n) is 8.32. The van der Waals surface area contributed by atoms with Crippen LogP contribution in [0.5, 0.6) is 0 Å². The van der Waals surface area contributed by atoms with Crippen molar-refractivity contribution in [1.82, 2.24) is 9.62 Å². The van der Waals surface area contributed by atoms with Crippen LogP contribution in [0.4, 0.5) is 0 Å². The fourth-order valence-corrected chi connectivity index (χ4v) is 3.91. The Morgan fingerprint density at radius 3 is 2.54 bits per heavy atom. The molecule has 6 nitrogen and oxygen atoms in total. The molecule has 0 spiro atoms. The van der Waals surface area contributed by atoms with Gasteiger partial charge in [-0.05, 0) is 36.6 Å². The third kappa shape index (κ3) is 4.48. The topological polar surface area (TPSA) is 90.3 Å². The van der Waals surface area contributed by atoms with E-state index < -0.39 is 10.0 Å². The van der Waals surface area contributed by atoms with Gasteiger partial charge < -0.3 is 4.90 Å². The van der Waals surface area contributed by atoms with Gasteiger partial charge in [0.2, 0.25) is 10.0 Å². The highest BCUT2D eigenvalue weighted by molar-refractivity contribution is 7.89. The molecule has 3 rings (SSSR count). The lowest BCUT2D eigenvalue weighted by molar-refractivity contribution is 0.0764. The lowest BCUT2D eigenvalue weighted by Gasteiger charge is -2.20. The Hall–Kier alpha value is -2.69. The number of carbonyl (C=O) groups excluding carboxylic acids is 1. The number of benzene rings is 2. The second-order valence-corrected chi connectivity index (χ2v) is 7.94. The second-order valence-electron chi connectivity index (χ2n) is 6.23. The number of hydrogen-bond acceptors (Lipinski definition) is 4. The molecule has 1 saturated carbocycles. The van der Waals surface area contributed by atoms with Crippen LogP contribution in [0.3, 0.4) is 0 Å².